The van der Waals surface area contributed by atoms with Crippen LogP contribution in [0.2, 0.25) is 0 Å². The molecule has 1 N–H and O–H groups in total. The Hall–Kier alpha value is -2.10. The minimum absolute atomic E-state index is 0.0541. The van der Waals surface area contributed by atoms with E-state index in [-0.39, 0.29) is 28.6 Å². The maximum absolute atomic E-state index is 13.3. The molecule has 1 aliphatic heterocycles. The molecule has 4 unspecified atom stereocenters. The van der Waals surface area contributed by atoms with Crippen molar-refractivity contribution in [2.75, 3.05) is 7.05 Å². The zero-order valence-electron chi connectivity index (χ0n) is 21.6. The summed E-state index contributed by atoms with van der Waals surface area (Å²) in [6, 6.07) is 0.308. The average molecular weight is 453 g/mol. The second-order valence-corrected chi connectivity index (χ2v) is 10.6. The molecule has 33 heavy (non-hydrogen) atoms. The quantitative estimate of drug-likeness (QED) is 0.529. The third-order valence-corrected chi connectivity index (χ3v) is 9.40. The van der Waals surface area contributed by atoms with Gasteiger partial charge in [-0.1, -0.05) is 52.5 Å². The van der Waals surface area contributed by atoms with E-state index in [0.29, 0.717) is 23.8 Å². The van der Waals surface area contributed by atoms with E-state index in [4.69, 9.17) is 0 Å². The number of amides is 2. The topological polar surface area (TPSA) is 49.4 Å². The van der Waals surface area contributed by atoms with Gasteiger partial charge in [0.15, 0.2) is 0 Å². The zero-order valence-corrected chi connectivity index (χ0v) is 21.6. The molecule has 3 aliphatic carbocycles. The normalized spacial score (nSPS) is 39.8. The summed E-state index contributed by atoms with van der Waals surface area (Å²) in [7, 11) is 1.97. The van der Waals surface area contributed by atoms with Crippen LogP contribution in [0.1, 0.15) is 73.1 Å². The summed E-state index contributed by atoms with van der Waals surface area (Å²) < 4.78 is 0. The van der Waals surface area contributed by atoms with E-state index in [1.807, 2.05) is 50.9 Å². The number of carbonyl (C=O) groups is 2. The summed E-state index contributed by atoms with van der Waals surface area (Å²) >= 11 is 0. The molecule has 0 aromatic heterocycles. The number of fused-ring (bicyclic) bond motifs is 5. The van der Waals surface area contributed by atoms with E-state index in [1.54, 1.807) is 12.2 Å². The fraction of sp³-hybridized carbons (Fsp3) is 0.655. The van der Waals surface area contributed by atoms with Gasteiger partial charge >= 0.3 is 0 Å². The lowest BCUT2D eigenvalue weighted by Gasteiger charge is -2.60. The highest BCUT2D eigenvalue weighted by molar-refractivity contribution is 5.89. The van der Waals surface area contributed by atoms with Crippen molar-refractivity contribution in [3.05, 3.63) is 48.7 Å². The molecule has 182 valence electrons. The van der Waals surface area contributed by atoms with Crippen molar-refractivity contribution in [3.8, 4) is 0 Å². The third kappa shape index (κ3) is 4.26. The van der Waals surface area contributed by atoms with Crippen molar-refractivity contribution in [1.29, 1.82) is 0 Å². The standard InChI is InChI=1S/C27H38N2O2.C2H6/c1-6-8-9-18(7-2)28-25(31)22-12-11-20-19-10-13-23-27(4,17-15-24(30)29(23)5)21(19)14-16-26(20,22)3;1-2/h6-9,15,17,19-23H,2,10-14,16H2,1,3-5H3,(H,28,31);1-2H3/b8-6-,18-9+;/t19?,20?,21?,22-,23?,26+,27-;/m1./s1. The van der Waals surface area contributed by atoms with E-state index in [9.17, 15) is 9.59 Å². The fourth-order valence-electron chi connectivity index (χ4n) is 7.76. The van der Waals surface area contributed by atoms with E-state index < -0.39 is 0 Å². The van der Waals surface area contributed by atoms with Gasteiger partial charge in [-0.15, -0.1) is 0 Å². The molecular weight excluding hydrogens is 408 g/mol. The summed E-state index contributed by atoms with van der Waals surface area (Å²) in [6.07, 6.45) is 18.1. The first-order chi connectivity index (χ1) is 15.8. The largest absolute Gasteiger partial charge is 0.338 e. The lowest BCUT2D eigenvalue weighted by atomic mass is 9.47. The lowest BCUT2D eigenvalue weighted by molar-refractivity contribution is -0.142. The van der Waals surface area contributed by atoms with Crippen LogP contribution in [0.3, 0.4) is 0 Å². The predicted molar refractivity (Wildman–Crippen MR) is 136 cm³/mol. The Balaban J connectivity index is 0.00000149. The van der Waals surface area contributed by atoms with Gasteiger partial charge in [0.2, 0.25) is 11.8 Å². The highest BCUT2D eigenvalue weighted by atomic mass is 16.2. The lowest BCUT2D eigenvalue weighted by Crippen LogP contribution is -2.59. The van der Waals surface area contributed by atoms with Gasteiger partial charge in [-0.05, 0) is 86.8 Å². The molecule has 4 nitrogen and oxygen atoms in total. The molecule has 3 saturated carbocycles. The van der Waals surface area contributed by atoms with Crippen molar-refractivity contribution < 1.29 is 9.59 Å². The van der Waals surface area contributed by atoms with Crippen LogP contribution in [0.4, 0.5) is 0 Å². The van der Waals surface area contributed by atoms with Crippen LogP contribution < -0.4 is 5.32 Å². The van der Waals surface area contributed by atoms with E-state index in [2.05, 4.69) is 31.8 Å². The number of hydrogen-bond acceptors (Lipinski definition) is 2. The van der Waals surface area contributed by atoms with E-state index >= 15 is 0 Å². The molecule has 4 rings (SSSR count). The Bertz CT molecular complexity index is 856. The van der Waals surface area contributed by atoms with Crippen LogP contribution in [0.25, 0.3) is 0 Å². The zero-order chi connectivity index (χ0) is 24.4. The molecule has 0 saturated heterocycles. The third-order valence-electron chi connectivity index (χ3n) is 9.40. The number of likely N-dealkylation sites (N-methyl/N-ethyl adjacent to an activating group) is 1. The number of carbonyl (C=O) groups excluding carboxylic acids is 2. The molecular formula is C29H44N2O2. The number of nitrogens with zero attached hydrogens (tertiary/aromatic N) is 1. The van der Waals surface area contributed by atoms with Gasteiger partial charge in [0.25, 0.3) is 0 Å². The first kappa shape index (κ1) is 25.5. The molecule has 1 heterocycles. The maximum Gasteiger partial charge on any atom is 0.246 e. The summed E-state index contributed by atoms with van der Waals surface area (Å²) in [6.45, 7) is 14.6. The molecule has 4 aliphatic rings. The van der Waals surface area contributed by atoms with Crippen molar-refractivity contribution in [2.24, 2.45) is 34.5 Å². The molecule has 4 heteroatoms. The Kier molecular flexibility index (Phi) is 7.76. The predicted octanol–water partition coefficient (Wildman–Crippen LogP) is 6.03. The first-order valence-corrected chi connectivity index (χ1v) is 13.0. The van der Waals surface area contributed by atoms with Gasteiger partial charge < -0.3 is 10.2 Å². The number of hydrogen-bond donors (Lipinski definition) is 1. The summed E-state index contributed by atoms with van der Waals surface area (Å²) in [5.41, 5.74) is 0.886. The molecule has 7 atom stereocenters. The van der Waals surface area contributed by atoms with Crippen LogP contribution in [0.5, 0.6) is 0 Å². The number of rotatable bonds is 4. The first-order valence-electron chi connectivity index (χ1n) is 13.0. The molecule has 0 aromatic carbocycles. The minimum atomic E-state index is 0.0541. The van der Waals surface area contributed by atoms with Crippen molar-refractivity contribution >= 4 is 11.8 Å². The molecule has 0 radical (unpaired) electrons. The van der Waals surface area contributed by atoms with Gasteiger partial charge in [0.05, 0.1) is 0 Å². The van der Waals surface area contributed by atoms with Crippen LogP contribution in [0, 0.1) is 34.5 Å². The molecule has 3 fully saturated rings. The van der Waals surface area contributed by atoms with Crippen LogP contribution in [0.15, 0.2) is 48.7 Å². The summed E-state index contributed by atoms with van der Waals surface area (Å²) in [5, 5.41) is 3.13. The van der Waals surface area contributed by atoms with E-state index in [1.165, 1.54) is 6.42 Å². The Morgan fingerprint density at radius 2 is 1.88 bits per heavy atom. The highest BCUT2D eigenvalue weighted by Crippen LogP contribution is 2.65. The molecule has 2 amide bonds. The van der Waals surface area contributed by atoms with Gasteiger partial charge in [0, 0.05) is 30.1 Å². The summed E-state index contributed by atoms with van der Waals surface area (Å²) in [4.78, 5) is 27.5. The average Bonchev–Trinajstić information content (AvgIpc) is 3.18. The van der Waals surface area contributed by atoms with E-state index in [0.717, 1.165) is 37.8 Å². The maximum atomic E-state index is 13.3. The molecule has 0 aromatic rings. The molecule has 0 bridgehead atoms. The monoisotopic (exact) mass is 452 g/mol. The Morgan fingerprint density at radius 1 is 1.15 bits per heavy atom. The Morgan fingerprint density at radius 3 is 2.55 bits per heavy atom. The van der Waals surface area contributed by atoms with Gasteiger partial charge in [-0.2, -0.15) is 0 Å². The molecule has 0 spiro atoms. The number of nitrogens with one attached hydrogen (secondary N) is 1. The van der Waals surface area contributed by atoms with Gasteiger partial charge in [-0.25, -0.2) is 0 Å². The highest BCUT2D eigenvalue weighted by Gasteiger charge is 2.61. The van der Waals surface area contributed by atoms with Crippen LogP contribution in [-0.2, 0) is 9.59 Å². The Labute approximate surface area is 201 Å². The second-order valence-electron chi connectivity index (χ2n) is 10.6. The second kappa shape index (κ2) is 10.0. The van der Waals surface area contributed by atoms with Crippen molar-refractivity contribution in [1.82, 2.24) is 10.2 Å². The minimum Gasteiger partial charge on any atom is -0.338 e. The summed E-state index contributed by atoms with van der Waals surface area (Å²) in [5.74, 6) is 2.18. The fourth-order valence-corrected chi connectivity index (χ4v) is 7.76. The number of allylic oxidation sites excluding steroid dienone is 4. The van der Waals surface area contributed by atoms with Gasteiger partial charge in [-0.3, -0.25) is 9.59 Å². The smallest absolute Gasteiger partial charge is 0.246 e. The van der Waals surface area contributed by atoms with Crippen molar-refractivity contribution in [2.45, 2.75) is 79.2 Å². The van der Waals surface area contributed by atoms with Crippen LogP contribution >= 0.6 is 0 Å². The SMILES string of the molecule is C=C/C(=C\C=C/C)NC(=O)[C@H]1CCC2C3CCC4N(C)C(=O)C=C[C@]4(C)C3CC[C@@]21C.CC. The van der Waals surface area contributed by atoms with Gasteiger partial charge in [0.1, 0.15) is 0 Å². The van der Waals surface area contributed by atoms with Crippen LogP contribution in [-0.4, -0.2) is 29.8 Å². The van der Waals surface area contributed by atoms with Crippen molar-refractivity contribution in [3.63, 3.8) is 0 Å².